The van der Waals surface area contributed by atoms with Gasteiger partial charge < -0.3 is 10.1 Å². The van der Waals surface area contributed by atoms with Gasteiger partial charge in [-0.1, -0.05) is 12.1 Å². The molecule has 0 unspecified atom stereocenters. The van der Waals surface area contributed by atoms with Gasteiger partial charge in [-0.3, -0.25) is 0 Å². The second-order valence-electron chi connectivity index (χ2n) is 2.97. The van der Waals surface area contributed by atoms with Crippen LogP contribution in [0.25, 0.3) is 0 Å². The highest BCUT2D eigenvalue weighted by Gasteiger charge is 1.94. The van der Waals surface area contributed by atoms with Gasteiger partial charge in [0.15, 0.2) is 0 Å². The molecule has 0 spiro atoms. The van der Waals surface area contributed by atoms with Crippen molar-refractivity contribution in [3.8, 4) is 0 Å². The van der Waals surface area contributed by atoms with E-state index in [1.165, 1.54) is 11.3 Å². The van der Waals surface area contributed by atoms with Gasteiger partial charge in [-0.2, -0.15) is 0 Å². The first kappa shape index (κ1) is 10.1. The van der Waals surface area contributed by atoms with Gasteiger partial charge in [0, 0.05) is 19.3 Å². The summed E-state index contributed by atoms with van der Waals surface area (Å²) >= 11 is 0. The summed E-state index contributed by atoms with van der Waals surface area (Å²) < 4.78 is 5.03. The Balaban J connectivity index is 2.56. The second kappa shape index (κ2) is 5.60. The van der Waals surface area contributed by atoms with Crippen LogP contribution in [-0.2, 0) is 11.2 Å². The summed E-state index contributed by atoms with van der Waals surface area (Å²) in [6.45, 7) is 3.85. The SMILES string of the molecule is CCNc1cccc(CCOC)c1. The molecule has 72 valence electrons. The lowest BCUT2D eigenvalue weighted by Gasteiger charge is -2.05. The van der Waals surface area contributed by atoms with Crippen molar-refractivity contribution in [1.29, 1.82) is 0 Å². The fourth-order valence-electron chi connectivity index (χ4n) is 1.26. The van der Waals surface area contributed by atoms with Crippen molar-refractivity contribution < 1.29 is 4.74 Å². The molecule has 1 aromatic rings. The maximum Gasteiger partial charge on any atom is 0.0502 e. The molecular formula is C11H17NO. The number of benzene rings is 1. The molecule has 2 nitrogen and oxygen atoms in total. The van der Waals surface area contributed by atoms with Crippen LogP contribution in [0, 0.1) is 0 Å². The molecule has 0 aliphatic rings. The number of hydrogen-bond acceptors (Lipinski definition) is 2. The summed E-state index contributed by atoms with van der Waals surface area (Å²) in [6.07, 6.45) is 0.982. The average Bonchev–Trinajstić information content (AvgIpc) is 2.16. The van der Waals surface area contributed by atoms with E-state index >= 15 is 0 Å². The lowest BCUT2D eigenvalue weighted by atomic mass is 10.1. The van der Waals surface area contributed by atoms with Crippen molar-refractivity contribution >= 4 is 5.69 Å². The first-order valence-corrected chi connectivity index (χ1v) is 4.68. The molecule has 0 aliphatic heterocycles. The van der Waals surface area contributed by atoms with Crippen molar-refractivity contribution in [3.05, 3.63) is 29.8 Å². The molecule has 1 aromatic carbocycles. The van der Waals surface area contributed by atoms with Crippen molar-refractivity contribution in [3.63, 3.8) is 0 Å². The van der Waals surface area contributed by atoms with Crippen LogP contribution in [-0.4, -0.2) is 20.3 Å². The zero-order valence-corrected chi connectivity index (χ0v) is 8.34. The molecule has 0 radical (unpaired) electrons. The quantitative estimate of drug-likeness (QED) is 0.749. The van der Waals surface area contributed by atoms with Crippen LogP contribution in [0.5, 0.6) is 0 Å². The van der Waals surface area contributed by atoms with Crippen molar-refractivity contribution in [2.75, 3.05) is 25.6 Å². The molecule has 1 N–H and O–H groups in total. The first-order valence-electron chi connectivity index (χ1n) is 4.68. The smallest absolute Gasteiger partial charge is 0.0502 e. The number of rotatable bonds is 5. The molecule has 0 saturated carbocycles. The number of hydrogen-bond donors (Lipinski definition) is 1. The lowest BCUT2D eigenvalue weighted by molar-refractivity contribution is 0.202. The molecule has 2 heteroatoms. The van der Waals surface area contributed by atoms with Gasteiger partial charge in [-0.25, -0.2) is 0 Å². The fourth-order valence-corrected chi connectivity index (χ4v) is 1.26. The molecule has 0 heterocycles. The van der Waals surface area contributed by atoms with Crippen LogP contribution >= 0.6 is 0 Å². The van der Waals surface area contributed by atoms with Gasteiger partial charge in [0.05, 0.1) is 6.61 Å². The predicted molar refractivity (Wildman–Crippen MR) is 56.2 cm³/mol. The Labute approximate surface area is 79.9 Å². The molecule has 0 saturated heterocycles. The minimum Gasteiger partial charge on any atom is -0.385 e. The van der Waals surface area contributed by atoms with E-state index in [2.05, 4.69) is 36.5 Å². The maximum absolute atomic E-state index is 5.03. The largest absolute Gasteiger partial charge is 0.385 e. The van der Waals surface area contributed by atoms with Crippen LogP contribution in [0.15, 0.2) is 24.3 Å². The van der Waals surface area contributed by atoms with E-state index in [0.717, 1.165) is 19.6 Å². The van der Waals surface area contributed by atoms with Gasteiger partial charge in [-0.15, -0.1) is 0 Å². The average molecular weight is 179 g/mol. The molecule has 0 aromatic heterocycles. The minimum atomic E-state index is 0.787. The minimum absolute atomic E-state index is 0.787. The van der Waals surface area contributed by atoms with Gasteiger partial charge in [-0.05, 0) is 31.0 Å². The Kier molecular flexibility index (Phi) is 4.33. The van der Waals surface area contributed by atoms with E-state index in [9.17, 15) is 0 Å². The van der Waals surface area contributed by atoms with Crippen LogP contribution in [0.3, 0.4) is 0 Å². The molecule has 1 rings (SSSR count). The van der Waals surface area contributed by atoms with Crippen molar-refractivity contribution in [2.24, 2.45) is 0 Å². The highest BCUT2D eigenvalue weighted by molar-refractivity contribution is 5.45. The third-order valence-corrected chi connectivity index (χ3v) is 1.90. The number of methoxy groups -OCH3 is 1. The van der Waals surface area contributed by atoms with Crippen LogP contribution in [0.1, 0.15) is 12.5 Å². The Morgan fingerprint density at radius 1 is 1.38 bits per heavy atom. The standard InChI is InChI=1S/C11H17NO/c1-3-12-11-6-4-5-10(9-11)7-8-13-2/h4-6,9,12H,3,7-8H2,1-2H3. The van der Waals surface area contributed by atoms with Crippen LogP contribution in [0.4, 0.5) is 5.69 Å². The Bertz CT molecular complexity index is 248. The first-order chi connectivity index (χ1) is 6.36. The molecule has 0 fully saturated rings. The zero-order chi connectivity index (χ0) is 9.52. The summed E-state index contributed by atoms with van der Waals surface area (Å²) in [5.74, 6) is 0. The van der Waals surface area contributed by atoms with Crippen molar-refractivity contribution in [1.82, 2.24) is 0 Å². The van der Waals surface area contributed by atoms with E-state index in [-0.39, 0.29) is 0 Å². The third kappa shape index (κ3) is 3.47. The van der Waals surface area contributed by atoms with Crippen molar-refractivity contribution in [2.45, 2.75) is 13.3 Å². The van der Waals surface area contributed by atoms with Crippen LogP contribution in [0.2, 0.25) is 0 Å². The maximum atomic E-state index is 5.03. The topological polar surface area (TPSA) is 21.3 Å². The van der Waals surface area contributed by atoms with Gasteiger partial charge >= 0.3 is 0 Å². The third-order valence-electron chi connectivity index (χ3n) is 1.90. The van der Waals surface area contributed by atoms with E-state index in [4.69, 9.17) is 4.74 Å². The Hall–Kier alpha value is -1.02. The van der Waals surface area contributed by atoms with Gasteiger partial charge in [0.25, 0.3) is 0 Å². The summed E-state index contributed by atoms with van der Waals surface area (Å²) in [4.78, 5) is 0. The molecule has 0 atom stereocenters. The van der Waals surface area contributed by atoms with E-state index < -0.39 is 0 Å². The number of ether oxygens (including phenoxy) is 1. The molecule has 0 bridgehead atoms. The lowest BCUT2D eigenvalue weighted by Crippen LogP contribution is -1.98. The van der Waals surface area contributed by atoms with Gasteiger partial charge in [0.2, 0.25) is 0 Å². The summed E-state index contributed by atoms with van der Waals surface area (Å²) in [5.41, 5.74) is 2.51. The fraction of sp³-hybridized carbons (Fsp3) is 0.455. The molecular weight excluding hydrogens is 162 g/mol. The van der Waals surface area contributed by atoms with Crippen LogP contribution < -0.4 is 5.32 Å². The summed E-state index contributed by atoms with van der Waals surface area (Å²) in [7, 11) is 1.73. The molecule has 0 aliphatic carbocycles. The summed E-state index contributed by atoms with van der Waals surface area (Å²) in [6, 6.07) is 8.45. The molecule has 0 amide bonds. The highest BCUT2D eigenvalue weighted by atomic mass is 16.5. The predicted octanol–water partition coefficient (Wildman–Crippen LogP) is 2.31. The Morgan fingerprint density at radius 2 is 2.23 bits per heavy atom. The number of nitrogens with one attached hydrogen (secondary N) is 1. The molecule has 13 heavy (non-hydrogen) atoms. The monoisotopic (exact) mass is 179 g/mol. The normalized spacial score (nSPS) is 10.0. The second-order valence-corrected chi connectivity index (χ2v) is 2.97. The van der Waals surface area contributed by atoms with E-state index in [1.807, 2.05) is 0 Å². The number of anilines is 1. The Morgan fingerprint density at radius 3 is 2.92 bits per heavy atom. The highest BCUT2D eigenvalue weighted by Crippen LogP contribution is 2.10. The van der Waals surface area contributed by atoms with Gasteiger partial charge in [0.1, 0.15) is 0 Å². The zero-order valence-electron chi connectivity index (χ0n) is 8.34. The summed E-state index contributed by atoms with van der Waals surface area (Å²) in [5, 5.41) is 3.28. The van der Waals surface area contributed by atoms with E-state index in [1.54, 1.807) is 7.11 Å². The van der Waals surface area contributed by atoms with E-state index in [0.29, 0.717) is 0 Å².